The third-order valence-electron chi connectivity index (χ3n) is 2.92. The van der Waals surface area contributed by atoms with Gasteiger partial charge in [0, 0.05) is 12.1 Å². The molecular formula is C16H14N2O5. The Morgan fingerprint density at radius 2 is 1.70 bits per heavy atom. The predicted octanol–water partition coefficient (Wildman–Crippen LogP) is 1.86. The summed E-state index contributed by atoms with van der Waals surface area (Å²) in [7, 11) is 0. The summed E-state index contributed by atoms with van der Waals surface area (Å²) in [5.41, 5.74) is 0.745. The molecule has 2 aromatic rings. The lowest BCUT2D eigenvalue weighted by Crippen LogP contribution is -2.32. The fourth-order valence-corrected chi connectivity index (χ4v) is 1.82. The second-order valence-electron chi connectivity index (χ2n) is 4.66. The van der Waals surface area contributed by atoms with Gasteiger partial charge in [0.05, 0.1) is 11.3 Å². The van der Waals surface area contributed by atoms with Crippen molar-refractivity contribution in [1.82, 2.24) is 5.32 Å². The van der Waals surface area contributed by atoms with Crippen LogP contribution in [-0.4, -0.2) is 23.3 Å². The van der Waals surface area contributed by atoms with Gasteiger partial charge < -0.3 is 10.1 Å². The van der Waals surface area contributed by atoms with Gasteiger partial charge >= 0.3 is 5.97 Å². The number of amides is 1. The number of carbonyl (C=O) groups is 2. The Morgan fingerprint density at radius 3 is 2.30 bits per heavy atom. The fourth-order valence-electron chi connectivity index (χ4n) is 1.82. The molecule has 23 heavy (non-hydrogen) atoms. The molecule has 0 aliphatic heterocycles. The van der Waals surface area contributed by atoms with Gasteiger partial charge in [-0.3, -0.25) is 14.9 Å². The highest BCUT2D eigenvalue weighted by molar-refractivity contribution is 5.84. The molecule has 118 valence electrons. The molecule has 0 saturated heterocycles. The summed E-state index contributed by atoms with van der Waals surface area (Å²) in [5, 5.41) is 13.0. The number of nitrogens with zero attached hydrogens (tertiary/aromatic N) is 1. The van der Waals surface area contributed by atoms with E-state index in [1.54, 1.807) is 0 Å². The quantitative estimate of drug-likeness (QED) is 0.380. The standard InChI is InChI=1S/C16H14N2O5/c19-15(10-12-4-2-1-3-5-12)17-11-16(20)23-14-8-6-13(7-9-14)18(21)22/h1-9H,10-11H2,(H,17,19). The van der Waals surface area contributed by atoms with E-state index in [4.69, 9.17) is 4.74 Å². The van der Waals surface area contributed by atoms with E-state index in [1.807, 2.05) is 30.3 Å². The van der Waals surface area contributed by atoms with E-state index in [1.165, 1.54) is 24.3 Å². The van der Waals surface area contributed by atoms with Crippen molar-refractivity contribution in [1.29, 1.82) is 0 Å². The van der Waals surface area contributed by atoms with Crippen molar-refractivity contribution in [2.45, 2.75) is 6.42 Å². The molecule has 0 bridgehead atoms. The lowest BCUT2D eigenvalue weighted by molar-refractivity contribution is -0.384. The normalized spacial score (nSPS) is 9.91. The van der Waals surface area contributed by atoms with E-state index < -0.39 is 10.9 Å². The molecule has 1 amide bonds. The highest BCUT2D eigenvalue weighted by atomic mass is 16.6. The zero-order valence-corrected chi connectivity index (χ0v) is 12.1. The number of nitro benzene ring substituents is 1. The maximum atomic E-state index is 11.7. The molecule has 7 nitrogen and oxygen atoms in total. The Morgan fingerprint density at radius 1 is 1.04 bits per heavy atom. The highest BCUT2D eigenvalue weighted by Crippen LogP contribution is 2.17. The second-order valence-corrected chi connectivity index (χ2v) is 4.66. The number of nitrogens with one attached hydrogen (secondary N) is 1. The maximum absolute atomic E-state index is 11.7. The number of benzene rings is 2. The minimum atomic E-state index is -0.653. The maximum Gasteiger partial charge on any atom is 0.330 e. The van der Waals surface area contributed by atoms with Gasteiger partial charge in [0.2, 0.25) is 5.91 Å². The van der Waals surface area contributed by atoms with E-state index in [0.29, 0.717) is 0 Å². The smallest absolute Gasteiger partial charge is 0.330 e. The molecule has 1 N–H and O–H groups in total. The third kappa shape index (κ3) is 5.24. The summed E-state index contributed by atoms with van der Waals surface area (Å²) in [6.07, 6.45) is 0.172. The third-order valence-corrected chi connectivity index (χ3v) is 2.92. The topological polar surface area (TPSA) is 98.5 Å². The van der Waals surface area contributed by atoms with Crippen LogP contribution >= 0.6 is 0 Å². The minimum Gasteiger partial charge on any atom is -0.425 e. The van der Waals surface area contributed by atoms with Gasteiger partial charge in [-0.05, 0) is 17.7 Å². The monoisotopic (exact) mass is 314 g/mol. The Labute approximate surface area is 132 Å². The van der Waals surface area contributed by atoms with Crippen molar-refractivity contribution >= 4 is 17.6 Å². The molecule has 0 saturated carbocycles. The second kappa shape index (κ2) is 7.69. The van der Waals surface area contributed by atoms with Crippen molar-refractivity contribution in [3.05, 3.63) is 70.3 Å². The van der Waals surface area contributed by atoms with E-state index >= 15 is 0 Å². The average molecular weight is 314 g/mol. The van der Waals surface area contributed by atoms with Crippen LogP contribution in [-0.2, 0) is 16.0 Å². The Balaban J connectivity index is 1.78. The number of non-ortho nitro benzene ring substituents is 1. The van der Waals surface area contributed by atoms with Gasteiger partial charge in [-0.25, -0.2) is 4.79 Å². The number of ether oxygens (including phenoxy) is 1. The van der Waals surface area contributed by atoms with Crippen LogP contribution in [0.3, 0.4) is 0 Å². The Kier molecular flexibility index (Phi) is 5.40. The fraction of sp³-hybridized carbons (Fsp3) is 0.125. The molecule has 2 aromatic carbocycles. The Bertz CT molecular complexity index is 698. The lowest BCUT2D eigenvalue weighted by atomic mass is 10.1. The van der Waals surface area contributed by atoms with Crippen LogP contribution in [0.1, 0.15) is 5.56 Å². The van der Waals surface area contributed by atoms with Crippen LogP contribution in [0.15, 0.2) is 54.6 Å². The number of esters is 1. The molecule has 0 aliphatic rings. The number of rotatable bonds is 6. The predicted molar refractivity (Wildman–Crippen MR) is 81.9 cm³/mol. The molecule has 0 atom stereocenters. The molecule has 0 spiro atoms. The number of carbonyl (C=O) groups excluding carboxylic acids is 2. The largest absolute Gasteiger partial charge is 0.425 e. The first-order chi connectivity index (χ1) is 11.0. The molecule has 0 heterocycles. The van der Waals surface area contributed by atoms with E-state index in [-0.39, 0.29) is 30.3 Å². The number of hydrogen-bond acceptors (Lipinski definition) is 5. The van der Waals surface area contributed by atoms with Crippen LogP contribution in [0.4, 0.5) is 5.69 Å². The Hall–Kier alpha value is -3.22. The van der Waals surface area contributed by atoms with Gasteiger partial charge in [0.15, 0.2) is 0 Å². The van der Waals surface area contributed by atoms with Gasteiger partial charge in [0.1, 0.15) is 12.3 Å². The summed E-state index contributed by atoms with van der Waals surface area (Å²) in [6, 6.07) is 14.2. The van der Waals surface area contributed by atoms with Crippen LogP contribution in [0.2, 0.25) is 0 Å². The summed E-state index contributed by atoms with van der Waals surface area (Å²) < 4.78 is 4.97. The molecule has 2 rings (SSSR count). The number of hydrogen-bond donors (Lipinski definition) is 1. The highest BCUT2D eigenvalue weighted by Gasteiger charge is 2.10. The van der Waals surface area contributed by atoms with Crippen LogP contribution in [0.5, 0.6) is 5.75 Å². The van der Waals surface area contributed by atoms with E-state index in [9.17, 15) is 19.7 Å². The molecule has 0 fully saturated rings. The minimum absolute atomic E-state index is 0.0963. The first kappa shape index (κ1) is 16.2. The van der Waals surface area contributed by atoms with Crippen molar-refractivity contribution < 1.29 is 19.2 Å². The average Bonchev–Trinajstić information content (AvgIpc) is 2.54. The molecule has 0 radical (unpaired) electrons. The van der Waals surface area contributed by atoms with Gasteiger partial charge in [-0.1, -0.05) is 30.3 Å². The summed E-state index contributed by atoms with van der Waals surface area (Å²) in [6.45, 7) is -0.275. The van der Waals surface area contributed by atoms with Crippen molar-refractivity contribution in [2.75, 3.05) is 6.54 Å². The SMILES string of the molecule is O=C(Cc1ccccc1)NCC(=O)Oc1ccc([N+](=O)[O-])cc1. The van der Waals surface area contributed by atoms with E-state index in [0.717, 1.165) is 5.56 Å². The summed E-state index contributed by atoms with van der Waals surface area (Å²) in [5.74, 6) is -0.768. The zero-order valence-electron chi connectivity index (χ0n) is 12.1. The number of nitro groups is 1. The van der Waals surface area contributed by atoms with Crippen LogP contribution in [0.25, 0.3) is 0 Å². The van der Waals surface area contributed by atoms with Gasteiger partial charge in [-0.15, -0.1) is 0 Å². The summed E-state index contributed by atoms with van der Waals surface area (Å²) in [4.78, 5) is 33.3. The first-order valence-corrected chi connectivity index (χ1v) is 6.80. The molecule has 7 heteroatoms. The molecule has 0 aliphatic carbocycles. The first-order valence-electron chi connectivity index (χ1n) is 6.80. The summed E-state index contributed by atoms with van der Waals surface area (Å²) >= 11 is 0. The van der Waals surface area contributed by atoms with Crippen molar-refractivity contribution in [3.63, 3.8) is 0 Å². The molecule has 0 unspecified atom stereocenters. The lowest BCUT2D eigenvalue weighted by Gasteiger charge is -2.06. The van der Waals surface area contributed by atoms with Gasteiger partial charge in [-0.2, -0.15) is 0 Å². The van der Waals surface area contributed by atoms with Crippen LogP contribution < -0.4 is 10.1 Å². The van der Waals surface area contributed by atoms with E-state index in [2.05, 4.69) is 5.32 Å². The van der Waals surface area contributed by atoms with Crippen molar-refractivity contribution in [3.8, 4) is 5.75 Å². The van der Waals surface area contributed by atoms with Crippen molar-refractivity contribution in [2.24, 2.45) is 0 Å². The zero-order chi connectivity index (χ0) is 16.7. The van der Waals surface area contributed by atoms with Crippen LogP contribution in [0, 0.1) is 10.1 Å². The molecular weight excluding hydrogens is 300 g/mol. The van der Waals surface area contributed by atoms with Gasteiger partial charge in [0.25, 0.3) is 5.69 Å². The molecule has 0 aromatic heterocycles.